The fourth-order valence-electron chi connectivity index (χ4n) is 3.25. The second kappa shape index (κ2) is 6.23. The molecular weight excluding hydrogens is 289 g/mol. The van der Waals surface area contributed by atoms with Crippen LogP contribution in [0.25, 0.3) is 0 Å². The van der Waals surface area contributed by atoms with Crippen LogP contribution in [0.4, 0.5) is 13.2 Å². The van der Waals surface area contributed by atoms with Crippen molar-refractivity contribution < 1.29 is 18.3 Å². The Bertz CT molecular complexity index is 488. The number of benzene rings is 1. The van der Waals surface area contributed by atoms with Crippen LogP contribution < -0.4 is 0 Å². The van der Waals surface area contributed by atoms with Gasteiger partial charge in [-0.3, -0.25) is 0 Å². The molecule has 1 aliphatic carbocycles. The van der Waals surface area contributed by atoms with Crippen molar-refractivity contribution in [2.24, 2.45) is 11.8 Å². The molecule has 1 aliphatic rings. The van der Waals surface area contributed by atoms with Gasteiger partial charge in [0.05, 0.1) is 0 Å². The van der Waals surface area contributed by atoms with Gasteiger partial charge in [-0.15, -0.1) is 0 Å². The summed E-state index contributed by atoms with van der Waals surface area (Å²) < 4.78 is 40.0. The van der Waals surface area contributed by atoms with E-state index < -0.39 is 17.7 Å². The third-order valence-corrected chi connectivity index (χ3v) is 4.67. The van der Waals surface area contributed by atoms with E-state index in [1.54, 1.807) is 12.1 Å². The van der Waals surface area contributed by atoms with Gasteiger partial charge in [-0.05, 0) is 48.6 Å². The van der Waals surface area contributed by atoms with Crippen molar-refractivity contribution in [1.82, 2.24) is 0 Å². The van der Waals surface area contributed by atoms with Crippen molar-refractivity contribution >= 4 is 0 Å². The molecule has 2 unspecified atom stereocenters. The highest BCUT2D eigenvalue weighted by Crippen LogP contribution is 2.54. The monoisotopic (exact) mass is 314 g/mol. The van der Waals surface area contributed by atoms with Gasteiger partial charge in [-0.25, -0.2) is 0 Å². The quantitative estimate of drug-likeness (QED) is 0.746. The zero-order valence-electron chi connectivity index (χ0n) is 13.5. The number of rotatable bonds is 6. The molecule has 0 spiro atoms. The molecule has 0 heterocycles. The average molecular weight is 314 g/mol. The molecule has 22 heavy (non-hydrogen) atoms. The highest BCUT2D eigenvalue weighted by atomic mass is 19.4. The molecule has 124 valence electrons. The van der Waals surface area contributed by atoms with Gasteiger partial charge in [0.25, 0.3) is 0 Å². The van der Waals surface area contributed by atoms with Gasteiger partial charge in [0.15, 0.2) is 5.60 Å². The number of hydrogen-bond acceptors (Lipinski definition) is 1. The van der Waals surface area contributed by atoms with Crippen LogP contribution >= 0.6 is 0 Å². The molecule has 0 aromatic heterocycles. The predicted octanol–water partition coefficient (Wildman–Crippen LogP) is 5.39. The van der Waals surface area contributed by atoms with E-state index in [9.17, 15) is 18.3 Å². The first kappa shape index (κ1) is 17.3. The highest BCUT2D eigenvalue weighted by molar-refractivity contribution is 5.32. The zero-order chi connectivity index (χ0) is 16.5. The highest BCUT2D eigenvalue weighted by Gasteiger charge is 2.62. The Balaban J connectivity index is 2.27. The molecule has 2 atom stereocenters. The fraction of sp³-hybridized carbons (Fsp3) is 0.667. The molecule has 1 nitrogen and oxygen atoms in total. The van der Waals surface area contributed by atoms with Crippen molar-refractivity contribution in [2.45, 2.75) is 64.1 Å². The Labute approximate surface area is 130 Å². The summed E-state index contributed by atoms with van der Waals surface area (Å²) in [5.41, 5.74) is -1.66. The van der Waals surface area contributed by atoms with E-state index in [0.717, 1.165) is 18.4 Å². The summed E-state index contributed by atoms with van der Waals surface area (Å²) in [6.07, 6.45) is -1.78. The maximum Gasteiger partial charge on any atom is 0.421 e. The lowest BCUT2D eigenvalue weighted by Crippen LogP contribution is -2.44. The minimum Gasteiger partial charge on any atom is -0.376 e. The van der Waals surface area contributed by atoms with E-state index in [-0.39, 0.29) is 5.56 Å². The largest absolute Gasteiger partial charge is 0.421 e. The summed E-state index contributed by atoms with van der Waals surface area (Å²) in [5.74, 6) is 0.202. The topological polar surface area (TPSA) is 20.2 Å². The summed E-state index contributed by atoms with van der Waals surface area (Å²) in [6, 6.07) is 6.43. The smallest absolute Gasteiger partial charge is 0.376 e. The Morgan fingerprint density at radius 1 is 1.14 bits per heavy atom. The Hall–Kier alpha value is -1.03. The molecule has 0 aliphatic heterocycles. The van der Waals surface area contributed by atoms with Gasteiger partial charge in [0, 0.05) is 5.92 Å². The van der Waals surface area contributed by atoms with Gasteiger partial charge in [0.1, 0.15) is 0 Å². The molecule has 0 saturated heterocycles. The van der Waals surface area contributed by atoms with Gasteiger partial charge < -0.3 is 5.11 Å². The molecule has 0 bridgehead atoms. The number of halogens is 3. The Kier molecular flexibility index (Phi) is 4.90. The normalized spacial score (nSPS) is 20.0. The molecule has 1 N–H and O–H groups in total. The lowest BCUT2D eigenvalue weighted by atomic mass is 9.84. The van der Waals surface area contributed by atoms with Crippen LogP contribution in [-0.4, -0.2) is 11.3 Å². The van der Waals surface area contributed by atoms with E-state index in [1.165, 1.54) is 12.1 Å². The van der Waals surface area contributed by atoms with Gasteiger partial charge in [0.2, 0.25) is 0 Å². The summed E-state index contributed by atoms with van der Waals surface area (Å²) in [6.45, 7) is 6.39. The van der Waals surface area contributed by atoms with Gasteiger partial charge in [-0.2, -0.15) is 13.2 Å². The second-order valence-electron chi connectivity index (χ2n) is 6.90. The summed E-state index contributed by atoms with van der Waals surface area (Å²) in [7, 11) is 0. The van der Waals surface area contributed by atoms with Crippen LogP contribution in [0.2, 0.25) is 0 Å². The van der Waals surface area contributed by atoms with E-state index >= 15 is 0 Å². The number of aliphatic hydroxyl groups is 1. The molecule has 0 radical (unpaired) electrons. The van der Waals surface area contributed by atoms with Crippen molar-refractivity contribution in [1.29, 1.82) is 0 Å². The van der Waals surface area contributed by atoms with Gasteiger partial charge in [-0.1, -0.05) is 45.0 Å². The molecule has 2 rings (SSSR count). The van der Waals surface area contributed by atoms with Crippen LogP contribution in [0.5, 0.6) is 0 Å². The summed E-state index contributed by atoms with van der Waals surface area (Å²) in [5, 5.41) is 10.3. The maximum absolute atomic E-state index is 13.3. The molecule has 4 heteroatoms. The summed E-state index contributed by atoms with van der Waals surface area (Å²) >= 11 is 0. The van der Waals surface area contributed by atoms with Gasteiger partial charge >= 0.3 is 6.18 Å². The van der Waals surface area contributed by atoms with Crippen molar-refractivity contribution in [3.8, 4) is 0 Å². The number of alkyl halides is 3. The molecule has 1 aromatic rings. The van der Waals surface area contributed by atoms with Crippen molar-refractivity contribution in [3.05, 3.63) is 35.4 Å². The third kappa shape index (κ3) is 3.32. The lowest BCUT2D eigenvalue weighted by Gasteiger charge is -2.31. The first-order valence-corrected chi connectivity index (χ1v) is 8.09. The first-order valence-electron chi connectivity index (χ1n) is 8.09. The fourth-order valence-corrected chi connectivity index (χ4v) is 3.25. The molecule has 1 saturated carbocycles. The third-order valence-electron chi connectivity index (χ3n) is 4.67. The van der Waals surface area contributed by atoms with E-state index in [4.69, 9.17) is 0 Å². The van der Waals surface area contributed by atoms with E-state index in [1.807, 2.05) is 0 Å². The summed E-state index contributed by atoms with van der Waals surface area (Å²) in [4.78, 5) is 0. The minimum atomic E-state index is -4.63. The van der Waals surface area contributed by atoms with Crippen LogP contribution in [0.3, 0.4) is 0 Å². The van der Waals surface area contributed by atoms with Crippen LogP contribution in [0.1, 0.15) is 63.5 Å². The van der Waals surface area contributed by atoms with E-state index in [2.05, 4.69) is 20.8 Å². The van der Waals surface area contributed by atoms with Crippen LogP contribution in [0, 0.1) is 11.8 Å². The average Bonchev–Trinajstić information content (AvgIpc) is 3.27. The van der Waals surface area contributed by atoms with Crippen molar-refractivity contribution in [3.63, 3.8) is 0 Å². The zero-order valence-corrected chi connectivity index (χ0v) is 13.5. The standard InChI is InChI=1S/C18H25F3O/c1-4-13(11-12(2)3)14-5-7-15(8-6-14)17(22,16-9-10-16)18(19,20)21/h5-8,12-13,16,22H,4,9-11H2,1-3H3. The molecule has 0 amide bonds. The first-order chi connectivity index (χ1) is 10.2. The minimum absolute atomic E-state index is 0.0225. The lowest BCUT2D eigenvalue weighted by molar-refractivity contribution is -0.275. The molecule has 1 fully saturated rings. The SMILES string of the molecule is CCC(CC(C)C)c1ccc(C(O)(C2CC2)C(F)(F)F)cc1. The molecular formula is C18H25F3O. The Morgan fingerprint density at radius 2 is 1.68 bits per heavy atom. The van der Waals surface area contributed by atoms with Crippen LogP contribution in [-0.2, 0) is 5.60 Å². The van der Waals surface area contributed by atoms with Crippen molar-refractivity contribution in [2.75, 3.05) is 0 Å². The second-order valence-corrected chi connectivity index (χ2v) is 6.90. The predicted molar refractivity (Wildman–Crippen MR) is 81.6 cm³/mol. The van der Waals surface area contributed by atoms with E-state index in [0.29, 0.717) is 24.7 Å². The molecule has 1 aromatic carbocycles. The maximum atomic E-state index is 13.3. The van der Waals surface area contributed by atoms with Crippen LogP contribution in [0.15, 0.2) is 24.3 Å². The Morgan fingerprint density at radius 3 is 2.05 bits per heavy atom. The number of hydrogen-bond donors (Lipinski definition) is 1.